The average Bonchev–Trinajstić information content (AvgIpc) is 3.00. The molecule has 0 aliphatic heterocycles. The van der Waals surface area contributed by atoms with Crippen LogP contribution in [0.1, 0.15) is 103 Å². The first-order chi connectivity index (χ1) is 18.9. The Morgan fingerprint density at radius 1 is 0.923 bits per heavy atom. The highest BCUT2D eigenvalue weighted by Gasteiger charge is 2.00. The summed E-state index contributed by atoms with van der Waals surface area (Å²) < 4.78 is 0. The van der Waals surface area contributed by atoms with Crippen molar-refractivity contribution >= 4 is 5.78 Å². The normalized spacial score (nSPS) is 8.72. The minimum atomic E-state index is 0.288. The molecule has 0 fully saturated rings. The van der Waals surface area contributed by atoms with Crippen LogP contribution in [0.25, 0.3) is 0 Å². The van der Waals surface area contributed by atoms with Crippen LogP contribution in [0.3, 0.4) is 0 Å². The number of rotatable bonds is 7. The van der Waals surface area contributed by atoms with Gasteiger partial charge in [-0.2, -0.15) is 0 Å². The van der Waals surface area contributed by atoms with Gasteiger partial charge in [0, 0.05) is 17.5 Å². The van der Waals surface area contributed by atoms with Gasteiger partial charge in [-0.05, 0) is 82.3 Å². The van der Waals surface area contributed by atoms with Crippen molar-refractivity contribution in [2.45, 2.75) is 94.4 Å². The van der Waals surface area contributed by atoms with Crippen molar-refractivity contribution in [3.8, 4) is 11.8 Å². The van der Waals surface area contributed by atoms with Gasteiger partial charge in [0.05, 0.1) is 0 Å². The predicted octanol–water partition coefficient (Wildman–Crippen LogP) is 9.31. The number of benzene rings is 2. The summed E-state index contributed by atoms with van der Waals surface area (Å²) in [5.41, 5.74) is 14.3. The first kappa shape index (κ1) is 46.0. The van der Waals surface area contributed by atoms with E-state index in [9.17, 15) is 4.79 Å². The van der Waals surface area contributed by atoms with Crippen LogP contribution in [-0.2, 0) is 11.2 Å². The predicted molar refractivity (Wildman–Crippen MR) is 180 cm³/mol. The summed E-state index contributed by atoms with van der Waals surface area (Å²) in [6, 6.07) is 16.6. The number of aryl methyl sites for hydroxylation is 2. The van der Waals surface area contributed by atoms with Gasteiger partial charge in [0.2, 0.25) is 0 Å². The SMILES string of the molecule is C=C.C=CCC(C)CCC(C)=O.CC.CC.CCCN.CCc1ccccc1C#Cc1ccccc1C.CN. The van der Waals surface area contributed by atoms with Gasteiger partial charge < -0.3 is 16.3 Å². The summed E-state index contributed by atoms with van der Waals surface area (Å²) in [4.78, 5) is 10.5. The van der Waals surface area contributed by atoms with Crippen molar-refractivity contribution in [2.24, 2.45) is 17.4 Å². The van der Waals surface area contributed by atoms with Gasteiger partial charge in [-0.1, -0.05) is 103 Å². The number of carbonyl (C=O) groups excluding carboxylic acids is 1. The smallest absolute Gasteiger partial charge is 0.129 e. The van der Waals surface area contributed by atoms with E-state index in [2.05, 4.69) is 95.3 Å². The number of Topliss-reactive ketones (excluding diaryl/α,β-unsaturated/α-hetero) is 1. The molecule has 2 aromatic rings. The van der Waals surface area contributed by atoms with Gasteiger partial charge in [0.1, 0.15) is 5.78 Å². The highest BCUT2D eigenvalue weighted by atomic mass is 16.1. The molecule has 0 saturated heterocycles. The molecule has 3 nitrogen and oxygen atoms in total. The Bertz CT molecular complexity index is 844. The maximum atomic E-state index is 10.5. The summed E-state index contributed by atoms with van der Waals surface area (Å²) in [5, 5.41) is 0. The lowest BCUT2D eigenvalue weighted by Crippen LogP contribution is -1.97. The zero-order chi connectivity index (χ0) is 31.5. The molecule has 3 heteroatoms. The van der Waals surface area contributed by atoms with Crippen LogP contribution in [0, 0.1) is 24.7 Å². The van der Waals surface area contributed by atoms with Gasteiger partial charge in [-0.15, -0.1) is 19.7 Å². The Balaban J connectivity index is -0.000000150. The molecule has 0 aliphatic carbocycles. The molecule has 0 bridgehead atoms. The van der Waals surface area contributed by atoms with Crippen LogP contribution in [0.2, 0.25) is 0 Å². The molecule has 1 unspecified atom stereocenters. The molecule has 0 saturated carbocycles. The molecule has 0 amide bonds. The number of ketones is 1. The topological polar surface area (TPSA) is 69.1 Å². The maximum absolute atomic E-state index is 10.5. The minimum absolute atomic E-state index is 0.288. The number of nitrogens with two attached hydrogens (primary N) is 2. The molecule has 0 aliphatic rings. The fourth-order valence-corrected chi connectivity index (χ4v) is 2.65. The second-order valence-corrected chi connectivity index (χ2v) is 7.73. The molecule has 0 aromatic heterocycles. The zero-order valence-corrected chi connectivity index (χ0v) is 27.2. The van der Waals surface area contributed by atoms with Gasteiger partial charge in [0.25, 0.3) is 0 Å². The second kappa shape index (κ2) is 39.6. The van der Waals surface area contributed by atoms with Crippen LogP contribution >= 0.6 is 0 Å². The van der Waals surface area contributed by atoms with E-state index in [0.717, 1.165) is 49.8 Å². The van der Waals surface area contributed by atoms with Gasteiger partial charge in [-0.3, -0.25) is 0 Å². The van der Waals surface area contributed by atoms with Crippen molar-refractivity contribution in [1.82, 2.24) is 0 Å². The van der Waals surface area contributed by atoms with Crippen molar-refractivity contribution < 1.29 is 4.79 Å². The third-order valence-corrected chi connectivity index (χ3v) is 4.72. The van der Waals surface area contributed by atoms with E-state index < -0.39 is 0 Å². The molecule has 2 aromatic carbocycles. The molecule has 2 rings (SSSR count). The first-order valence-electron chi connectivity index (χ1n) is 14.4. The van der Waals surface area contributed by atoms with Gasteiger partial charge in [-0.25, -0.2) is 0 Å². The van der Waals surface area contributed by atoms with Crippen LogP contribution in [0.15, 0.2) is 74.3 Å². The van der Waals surface area contributed by atoms with E-state index in [4.69, 9.17) is 5.73 Å². The monoisotopic (exact) mass is 538 g/mol. The Morgan fingerprint density at radius 3 is 1.77 bits per heavy atom. The lowest BCUT2D eigenvalue weighted by molar-refractivity contribution is -0.117. The summed E-state index contributed by atoms with van der Waals surface area (Å²) in [7, 11) is 1.50. The number of allylic oxidation sites excluding steroid dienone is 1. The van der Waals surface area contributed by atoms with E-state index in [1.165, 1.54) is 18.2 Å². The van der Waals surface area contributed by atoms with E-state index in [-0.39, 0.29) is 5.78 Å². The molecular formula is C36H62N2O. The number of hydrogen-bond donors (Lipinski definition) is 2. The second-order valence-electron chi connectivity index (χ2n) is 7.73. The van der Waals surface area contributed by atoms with Crippen molar-refractivity contribution in [2.75, 3.05) is 13.6 Å². The Labute approximate surface area is 244 Å². The highest BCUT2D eigenvalue weighted by Crippen LogP contribution is 2.10. The van der Waals surface area contributed by atoms with E-state index in [1.807, 2.05) is 52.0 Å². The highest BCUT2D eigenvalue weighted by molar-refractivity contribution is 5.75. The van der Waals surface area contributed by atoms with Crippen molar-refractivity contribution in [3.63, 3.8) is 0 Å². The summed E-state index contributed by atoms with van der Waals surface area (Å²) >= 11 is 0. The van der Waals surface area contributed by atoms with Crippen LogP contribution in [0.5, 0.6) is 0 Å². The third-order valence-electron chi connectivity index (χ3n) is 4.72. The standard InChI is InChI=1S/C17H16.C9H16O.C3H9N.2C2H6.C2H4.CH5N/c1-3-15-9-6-7-11-17(15)13-12-16-10-5-4-8-14(16)2;1-4-5-8(2)6-7-9(3)10;1-2-3-4;4*1-2/h4-11H,3H2,1-2H3;4,8H,1,5-7H2,2-3H3;2-4H2,1H3;2*1-2H3;1-2H2;2H2,1H3. The van der Waals surface area contributed by atoms with Crippen molar-refractivity contribution in [1.29, 1.82) is 0 Å². The van der Waals surface area contributed by atoms with Gasteiger partial charge in [0.15, 0.2) is 0 Å². The molecule has 0 spiro atoms. The minimum Gasteiger partial charge on any atom is -0.333 e. The first-order valence-corrected chi connectivity index (χ1v) is 14.4. The molecule has 4 N–H and O–H groups in total. The molecule has 222 valence electrons. The third kappa shape index (κ3) is 31.2. The molecule has 0 heterocycles. The molecule has 39 heavy (non-hydrogen) atoms. The molecular weight excluding hydrogens is 476 g/mol. The Hall–Kier alpha value is -2.93. The Kier molecular flexibility index (Phi) is 46.6. The summed E-state index contributed by atoms with van der Waals surface area (Å²) in [6.45, 7) is 28.6. The van der Waals surface area contributed by atoms with E-state index >= 15 is 0 Å². The number of hydrogen-bond acceptors (Lipinski definition) is 3. The largest absolute Gasteiger partial charge is 0.333 e. The van der Waals surface area contributed by atoms with Crippen LogP contribution in [-0.4, -0.2) is 19.4 Å². The zero-order valence-electron chi connectivity index (χ0n) is 27.2. The fraction of sp³-hybridized carbons (Fsp3) is 0.472. The maximum Gasteiger partial charge on any atom is 0.129 e. The van der Waals surface area contributed by atoms with Gasteiger partial charge >= 0.3 is 0 Å². The molecule has 1 atom stereocenters. The van der Waals surface area contributed by atoms with E-state index in [1.54, 1.807) is 6.92 Å². The number of carbonyl (C=O) groups is 1. The van der Waals surface area contributed by atoms with Crippen LogP contribution in [0.4, 0.5) is 0 Å². The van der Waals surface area contributed by atoms with Crippen LogP contribution < -0.4 is 11.5 Å². The molecule has 0 radical (unpaired) electrons. The summed E-state index contributed by atoms with van der Waals surface area (Å²) in [5.74, 6) is 7.43. The lowest BCUT2D eigenvalue weighted by atomic mass is 10.0. The summed E-state index contributed by atoms with van der Waals surface area (Å²) in [6.07, 6.45) is 6.77. The lowest BCUT2D eigenvalue weighted by Gasteiger charge is -2.04. The fourth-order valence-electron chi connectivity index (χ4n) is 2.65. The van der Waals surface area contributed by atoms with Crippen molar-refractivity contribution in [3.05, 3.63) is 96.6 Å². The Morgan fingerprint density at radius 2 is 1.36 bits per heavy atom. The quantitative estimate of drug-likeness (QED) is 0.272. The van der Waals surface area contributed by atoms with E-state index in [0.29, 0.717) is 5.92 Å². The average molecular weight is 539 g/mol.